The maximum atomic E-state index is 11.9. The van der Waals surface area contributed by atoms with E-state index in [2.05, 4.69) is 4.98 Å². The third-order valence-electron chi connectivity index (χ3n) is 3.75. The summed E-state index contributed by atoms with van der Waals surface area (Å²) in [7, 11) is -3.15. The van der Waals surface area contributed by atoms with Crippen molar-refractivity contribution in [2.24, 2.45) is 0 Å². The highest BCUT2D eigenvalue weighted by Crippen LogP contribution is 2.29. The van der Waals surface area contributed by atoms with Crippen LogP contribution in [0, 0.1) is 0 Å². The maximum Gasteiger partial charge on any atom is 0.214 e. The second kappa shape index (κ2) is 4.88. The van der Waals surface area contributed by atoms with Crippen LogP contribution in [-0.4, -0.2) is 43.2 Å². The standard InChI is InChI=1S/C12H18N2O4S/c1-2-19(15,16)14-5-3-11-10(7-14)13-12(18-11)9-4-6-17-8-9/h9H,2-8H2,1H3. The van der Waals surface area contributed by atoms with Crippen molar-refractivity contribution in [1.29, 1.82) is 0 Å². The molecule has 0 amide bonds. The van der Waals surface area contributed by atoms with E-state index in [-0.39, 0.29) is 11.7 Å². The molecule has 106 valence electrons. The lowest BCUT2D eigenvalue weighted by Gasteiger charge is -2.23. The molecular formula is C12H18N2O4S. The van der Waals surface area contributed by atoms with Crippen molar-refractivity contribution in [1.82, 2.24) is 9.29 Å². The van der Waals surface area contributed by atoms with Crippen LogP contribution in [0.2, 0.25) is 0 Å². The first-order chi connectivity index (χ1) is 9.10. The summed E-state index contributed by atoms with van der Waals surface area (Å²) >= 11 is 0. The molecule has 6 nitrogen and oxygen atoms in total. The molecule has 0 bridgehead atoms. The van der Waals surface area contributed by atoms with Gasteiger partial charge in [0.25, 0.3) is 0 Å². The fraction of sp³-hybridized carbons (Fsp3) is 0.750. The van der Waals surface area contributed by atoms with Crippen molar-refractivity contribution in [2.75, 3.05) is 25.5 Å². The van der Waals surface area contributed by atoms with Crippen molar-refractivity contribution in [3.8, 4) is 0 Å². The zero-order valence-corrected chi connectivity index (χ0v) is 11.8. The van der Waals surface area contributed by atoms with E-state index >= 15 is 0 Å². The van der Waals surface area contributed by atoms with Gasteiger partial charge in [0.2, 0.25) is 10.0 Å². The second-order valence-corrected chi connectivity index (χ2v) is 7.22. The summed E-state index contributed by atoms with van der Waals surface area (Å²) in [6.07, 6.45) is 1.53. The lowest BCUT2D eigenvalue weighted by Crippen LogP contribution is -2.36. The smallest absolute Gasteiger partial charge is 0.214 e. The molecular weight excluding hydrogens is 268 g/mol. The van der Waals surface area contributed by atoms with Gasteiger partial charge in [0.15, 0.2) is 5.89 Å². The van der Waals surface area contributed by atoms with Gasteiger partial charge in [0, 0.05) is 19.6 Å². The van der Waals surface area contributed by atoms with Crippen LogP contribution in [-0.2, 0) is 27.7 Å². The van der Waals surface area contributed by atoms with Crippen LogP contribution in [0.4, 0.5) is 0 Å². The first-order valence-electron chi connectivity index (χ1n) is 6.64. The number of aromatic nitrogens is 1. The van der Waals surface area contributed by atoms with Crippen LogP contribution < -0.4 is 0 Å². The van der Waals surface area contributed by atoms with E-state index < -0.39 is 10.0 Å². The summed E-state index contributed by atoms with van der Waals surface area (Å²) in [5, 5.41) is 0. The molecule has 0 spiro atoms. The highest BCUT2D eigenvalue weighted by Gasteiger charge is 2.31. The highest BCUT2D eigenvalue weighted by atomic mass is 32.2. The number of sulfonamides is 1. The Morgan fingerprint density at radius 1 is 1.47 bits per heavy atom. The van der Waals surface area contributed by atoms with Crippen molar-refractivity contribution < 1.29 is 17.6 Å². The number of rotatable bonds is 3. The van der Waals surface area contributed by atoms with Crippen LogP contribution >= 0.6 is 0 Å². The Morgan fingerprint density at radius 2 is 2.32 bits per heavy atom. The lowest BCUT2D eigenvalue weighted by atomic mass is 10.1. The predicted octanol–water partition coefficient (Wildman–Crippen LogP) is 0.886. The van der Waals surface area contributed by atoms with E-state index in [1.54, 1.807) is 6.92 Å². The molecule has 1 atom stereocenters. The van der Waals surface area contributed by atoms with Gasteiger partial charge in [-0.05, 0) is 13.3 Å². The molecule has 3 heterocycles. The summed E-state index contributed by atoms with van der Waals surface area (Å²) < 4.78 is 36.3. The summed E-state index contributed by atoms with van der Waals surface area (Å²) in [4.78, 5) is 4.48. The van der Waals surface area contributed by atoms with Gasteiger partial charge in [-0.15, -0.1) is 0 Å². The molecule has 2 aliphatic rings. The monoisotopic (exact) mass is 286 g/mol. The molecule has 0 radical (unpaired) electrons. The fourth-order valence-electron chi connectivity index (χ4n) is 2.52. The molecule has 1 fully saturated rings. The van der Waals surface area contributed by atoms with Crippen molar-refractivity contribution in [3.63, 3.8) is 0 Å². The largest absolute Gasteiger partial charge is 0.445 e. The van der Waals surface area contributed by atoms with Crippen molar-refractivity contribution >= 4 is 10.0 Å². The number of nitrogens with zero attached hydrogens (tertiary/aromatic N) is 2. The Morgan fingerprint density at radius 3 is 3.00 bits per heavy atom. The minimum atomic E-state index is -3.15. The van der Waals surface area contributed by atoms with Crippen molar-refractivity contribution in [3.05, 3.63) is 17.3 Å². The first-order valence-corrected chi connectivity index (χ1v) is 8.25. The topological polar surface area (TPSA) is 72.6 Å². The molecule has 1 unspecified atom stereocenters. The fourth-order valence-corrected chi connectivity index (χ4v) is 3.57. The Hall–Kier alpha value is -0.920. The number of hydrogen-bond donors (Lipinski definition) is 0. The summed E-state index contributed by atoms with van der Waals surface area (Å²) in [6, 6.07) is 0. The van der Waals surface area contributed by atoms with Crippen LogP contribution in [0.15, 0.2) is 4.42 Å². The van der Waals surface area contributed by atoms with Gasteiger partial charge in [0.05, 0.1) is 30.5 Å². The Balaban J connectivity index is 1.81. The molecule has 3 rings (SSSR count). The molecule has 7 heteroatoms. The quantitative estimate of drug-likeness (QED) is 0.825. The number of oxazole rings is 1. The van der Waals surface area contributed by atoms with Crippen LogP contribution in [0.25, 0.3) is 0 Å². The number of ether oxygens (including phenoxy) is 1. The average Bonchev–Trinajstić information content (AvgIpc) is 3.06. The lowest BCUT2D eigenvalue weighted by molar-refractivity contribution is 0.190. The van der Waals surface area contributed by atoms with Gasteiger partial charge in [-0.25, -0.2) is 13.4 Å². The van der Waals surface area contributed by atoms with E-state index in [9.17, 15) is 8.42 Å². The molecule has 0 N–H and O–H groups in total. The molecule has 1 aromatic heterocycles. The van der Waals surface area contributed by atoms with Crippen LogP contribution in [0.3, 0.4) is 0 Å². The average molecular weight is 286 g/mol. The summed E-state index contributed by atoms with van der Waals surface area (Å²) in [6.45, 7) is 3.88. The highest BCUT2D eigenvalue weighted by molar-refractivity contribution is 7.89. The zero-order valence-electron chi connectivity index (χ0n) is 11.0. The molecule has 2 aliphatic heterocycles. The number of hydrogen-bond acceptors (Lipinski definition) is 5. The Bertz CT molecular complexity index is 560. The van der Waals surface area contributed by atoms with E-state index in [1.165, 1.54) is 4.31 Å². The van der Waals surface area contributed by atoms with E-state index in [4.69, 9.17) is 9.15 Å². The SMILES string of the molecule is CCS(=O)(=O)N1CCc2oc(C3CCOC3)nc2C1. The predicted molar refractivity (Wildman–Crippen MR) is 68.3 cm³/mol. The number of fused-ring (bicyclic) bond motifs is 1. The zero-order chi connectivity index (χ0) is 13.5. The molecule has 0 aliphatic carbocycles. The van der Waals surface area contributed by atoms with Gasteiger partial charge in [0.1, 0.15) is 5.76 Å². The van der Waals surface area contributed by atoms with Gasteiger partial charge in [-0.3, -0.25) is 0 Å². The second-order valence-electron chi connectivity index (χ2n) is 4.97. The first kappa shape index (κ1) is 13.1. The van der Waals surface area contributed by atoms with E-state index in [1.807, 2.05) is 0 Å². The molecule has 19 heavy (non-hydrogen) atoms. The third kappa shape index (κ3) is 2.42. The minimum Gasteiger partial charge on any atom is -0.445 e. The van der Waals surface area contributed by atoms with E-state index in [0.29, 0.717) is 32.0 Å². The van der Waals surface area contributed by atoms with Gasteiger partial charge < -0.3 is 9.15 Å². The maximum absolute atomic E-state index is 11.9. The summed E-state index contributed by atoms with van der Waals surface area (Å²) in [5.74, 6) is 1.90. The Kier molecular flexibility index (Phi) is 3.36. The van der Waals surface area contributed by atoms with Crippen LogP contribution in [0.5, 0.6) is 0 Å². The van der Waals surface area contributed by atoms with E-state index in [0.717, 1.165) is 24.5 Å². The summed E-state index contributed by atoms with van der Waals surface area (Å²) in [5.41, 5.74) is 0.769. The minimum absolute atomic E-state index is 0.128. The van der Waals surface area contributed by atoms with Gasteiger partial charge in [-0.2, -0.15) is 4.31 Å². The molecule has 0 saturated carbocycles. The third-order valence-corrected chi connectivity index (χ3v) is 5.57. The molecule has 1 aromatic rings. The normalized spacial score (nSPS) is 24.6. The molecule has 1 saturated heterocycles. The Labute approximate surface area is 112 Å². The van der Waals surface area contributed by atoms with Gasteiger partial charge >= 0.3 is 0 Å². The van der Waals surface area contributed by atoms with Crippen LogP contribution in [0.1, 0.15) is 36.6 Å². The molecule has 0 aromatic carbocycles. The van der Waals surface area contributed by atoms with Gasteiger partial charge in [-0.1, -0.05) is 0 Å². The van der Waals surface area contributed by atoms with Crippen molar-refractivity contribution in [2.45, 2.75) is 32.2 Å².